The van der Waals surface area contributed by atoms with E-state index in [-0.39, 0.29) is 0 Å². The van der Waals surface area contributed by atoms with Crippen molar-refractivity contribution in [1.29, 1.82) is 5.26 Å². The third kappa shape index (κ3) is 4.62. The van der Waals surface area contributed by atoms with Gasteiger partial charge in [-0.05, 0) is 25.0 Å². The number of rotatable bonds is 7. The van der Waals surface area contributed by atoms with Gasteiger partial charge in [0.25, 0.3) is 0 Å². The van der Waals surface area contributed by atoms with Crippen molar-refractivity contribution in [2.45, 2.75) is 37.9 Å². The average Bonchev–Trinajstić information content (AvgIpc) is 3.04. The second-order valence-corrected chi connectivity index (χ2v) is 5.30. The van der Waals surface area contributed by atoms with Gasteiger partial charge < -0.3 is 19.9 Å². The number of benzene rings is 1. The third-order valence-corrected chi connectivity index (χ3v) is 3.69. The monoisotopic (exact) mass is 290 g/mol. The highest BCUT2D eigenvalue weighted by atomic mass is 16.5. The van der Waals surface area contributed by atoms with Gasteiger partial charge in [0.05, 0.1) is 43.2 Å². The van der Waals surface area contributed by atoms with Gasteiger partial charge in [0.2, 0.25) is 0 Å². The number of hydrogen-bond donors (Lipinski definition) is 2. The predicted octanol–water partition coefficient (Wildman–Crippen LogP) is 2.30. The van der Waals surface area contributed by atoms with Crippen LogP contribution in [0.15, 0.2) is 18.2 Å². The summed E-state index contributed by atoms with van der Waals surface area (Å²) in [7, 11) is 1.56. The van der Waals surface area contributed by atoms with Crippen LogP contribution in [0.2, 0.25) is 0 Å². The van der Waals surface area contributed by atoms with Crippen LogP contribution >= 0.6 is 0 Å². The van der Waals surface area contributed by atoms with Gasteiger partial charge in [-0.3, -0.25) is 0 Å². The van der Waals surface area contributed by atoms with Crippen LogP contribution in [0.25, 0.3) is 0 Å². The minimum Gasteiger partial charge on any atom is -0.495 e. The van der Waals surface area contributed by atoms with Gasteiger partial charge in [-0.1, -0.05) is 12.8 Å². The van der Waals surface area contributed by atoms with Gasteiger partial charge >= 0.3 is 0 Å². The molecule has 1 aromatic carbocycles. The summed E-state index contributed by atoms with van der Waals surface area (Å²) in [5.41, 5.74) is 1.30. The third-order valence-electron chi connectivity index (χ3n) is 3.69. The topological polar surface area (TPSA) is 74.5 Å². The quantitative estimate of drug-likeness (QED) is 0.806. The zero-order valence-corrected chi connectivity index (χ0v) is 12.3. The summed E-state index contributed by atoms with van der Waals surface area (Å²) in [5.74, 6) is 0.595. The number of nitriles is 1. The lowest BCUT2D eigenvalue weighted by molar-refractivity contribution is -0.00118. The van der Waals surface area contributed by atoms with E-state index in [2.05, 4.69) is 11.4 Å². The van der Waals surface area contributed by atoms with Crippen LogP contribution < -0.4 is 10.1 Å². The molecule has 0 radical (unpaired) electrons. The first kappa shape index (κ1) is 15.6. The van der Waals surface area contributed by atoms with E-state index in [9.17, 15) is 5.11 Å². The second-order valence-electron chi connectivity index (χ2n) is 5.30. The smallest absolute Gasteiger partial charge is 0.143 e. The number of aliphatic hydroxyl groups is 1. The van der Waals surface area contributed by atoms with Gasteiger partial charge in [-0.2, -0.15) is 5.26 Å². The highest BCUT2D eigenvalue weighted by Crippen LogP contribution is 2.25. The summed E-state index contributed by atoms with van der Waals surface area (Å²) >= 11 is 0. The fourth-order valence-electron chi connectivity index (χ4n) is 2.50. The van der Waals surface area contributed by atoms with Crippen LogP contribution in [0.4, 0.5) is 5.69 Å². The molecule has 1 atom stereocenters. The Kier molecular flexibility index (Phi) is 5.85. The molecule has 0 heterocycles. The van der Waals surface area contributed by atoms with Crippen LogP contribution in [-0.4, -0.2) is 37.6 Å². The Morgan fingerprint density at radius 1 is 1.43 bits per heavy atom. The number of hydrogen-bond acceptors (Lipinski definition) is 5. The number of nitrogens with one attached hydrogen (secondary N) is 1. The Morgan fingerprint density at radius 3 is 2.86 bits per heavy atom. The standard InChI is InChI=1S/C16H22N2O3/c1-20-16-8-12(9-17)6-7-15(16)18-10-13(19)11-21-14-4-2-3-5-14/h6-8,13-14,18-19H,2-5,10-11H2,1H3. The maximum Gasteiger partial charge on any atom is 0.143 e. The fourth-order valence-corrected chi connectivity index (χ4v) is 2.50. The number of ether oxygens (including phenoxy) is 2. The average molecular weight is 290 g/mol. The molecule has 21 heavy (non-hydrogen) atoms. The molecule has 1 unspecified atom stereocenters. The molecular weight excluding hydrogens is 268 g/mol. The van der Waals surface area contributed by atoms with Crippen LogP contribution in [0.5, 0.6) is 5.75 Å². The van der Waals surface area contributed by atoms with E-state index in [0.717, 1.165) is 18.5 Å². The van der Waals surface area contributed by atoms with Gasteiger partial charge in [0.1, 0.15) is 5.75 Å². The zero-order valence-electron chi connectivity index (χ0n) is 12.3. The van der Waals surface area contributed by atoms with Crippen molar-refractivity contribution < 1.29 is 14.6 Å². The van der Waals surface area contributed by atoms with Crippen LogP contribution in [0.3, 0.4) is 0 Å². The minimum absolute atomic E-state index is 0.309. The normalized spacial score (nSPS) is 16.4. The molecule has 114 valence electrons. The van der Waals surface area contributed by atoms with Crippen LogP contribution in [0.1, 0.15) is 31.2 Å². The summed E-state index contributed by atoms with van der Waals surface area (Å²) in [4.78, 5) is 0. The number of aliphatic hydroxyl groups excluding tert-OH is 1. The molecule has 1 saturated carbocycles. The van der Waals surface area contributed by atoms with Gasteiger partial charge in [0, 0.05) is 12.6 Å². The molecule has 0 aromatic heterocycles. The number of nitrogens with zero attached hydrogens (tertiary/aromatic N) is 1. The van der Waals surface area contributed by atoms with Crippen LogP contribution in [-0.2, 0) is 4.74 Å². The molecule has 2 N–H and O–H groups in total. The molecule has 1 aliphatic carbocycles. The molecule has 1 fully saturated rings. The Balaban J connectivity index is 1.80. The molecule has 1 aliphatic rings. The second kappa shape index (κ2) is 7.87. The lowest BCUT2D eigenvalue weighted by Crippen LogP contribution is -2.27. The predicted molar refractivity (Wildman–Crippen MR) is 80.4 cm³/mol. The zero-order chi connectivity index (χ0) is 15.1. The van der Waals surface area contributed by atoms with E-state index in [1.165, 1.54) is 12.8 Å². The fraction of sp³-hybridized carbons (Fsp3) is 0.562. The Morgan fingerprint density at radius 2 is 2.19 bits per heavy atom. The summed E-state index contributed by atoms with van der Waals surface area (Å²) < 4.78 is 10.9. The highest BCUT2D eigenvalue weighted by Gasteiger charge is 2.17. The molecule has 5 heteroatoms. The van der Waals surface area contributed by atoms with Gasteiger partial charge in [0.15, 0.2) is 0 Å². The maximum absolute atomic E-state index is 9.95. The summed E-state index contributed by atoms with van der Waals surface area (Å²) in [5, 5.41) is 21.9. The summed E-state index contributed by atoms with van der Waals surface area (Å²) in [6, 6.07) is 7.23. The van der Waals surface area contributed by atoms with E-state index < -0.39 is 6.10 Å². The molecule has 2 rings (SSSR count). The Labute approximate surface area is 125 Å². The maximum atomic E-state index is 9.95. The summed E-state index contributed by atoms with van der Waals surface area (Å²) in [6.45, 7) is 0.727. The van der Waals surface area contributed by atoms with Crippen molar-refractivity contribution in [2.75, 3.05) is 25.6 Å². The highest BCUT2D eigenvalue weighted by molar-refractivity contribution is 5.59. The molecule has 1 aromatic rings. The first-order valence-electron chi connectivity index (χ1n) is 7.34. The van der Waals surface area contributed by atoms with E-state index >= 15 is 0 Å². The van der Waals surface area contributed by atoms with Crippen LogP contribution in [0, 0.1) is 11.3 Å². The minimum atomic E-state index is -0.564. The molecule has 0 aliphatic heterocycles. The van der Waals surface area contributed by atoms with E-state index in [1.54, 1.807) is 25.3 Å². The summed E-state index contributed by atoms with van der Waals surface area (Å²) in [6.07, 6.45) is 4.39. The molecular formula is C16H22N2O3. The SMILES string of the molecule is COc1cc(C#N)ccc1NCC(O)COC1CCCC1. The first-order valence-corrected chi connectivity index (χ1v) is 7.34. The van der Waals surface area contributed by atoms with Crippen molar-refractivity contribution in [3.63, 3.8) is 0 Å². The number of methoxy groups -OCH3 is 1. The molecule has 0 bridgehead atoms. The van der Waals surface area contributed by atoms with Crippen molar-refractivity contribution in [3.8, 4) is 11.8 Å². The molecule has 0 spiro atoms. The van der Waals surface area contributed by atoms with Crippen molar-refractivity contribution in [2.24, 2.45) is 0 Å². The first-order chi connectivity index (χ1) is 10.2. The van der Waals surface area contributed by atoms with E-state index in [0.29, 0.717) is 30.6 Å². The lowest BCUT2D eigenvalue weighted by atomic mass is 10.2. The van der Waals surface area contributed by atoms with Gasteiger partial charge in [-0.15, -0.1) is 0 Å². The Bertz CT molecular complexity index is 493. The van der Waals surface area contributed by atoms with E-state index in [1.807, 2.05) is 0 Å². The van der Waals surface area contributed by atoms with Crippen molar-refractivity contribution >= 4 is 5.69 Å². The largest absolute Gasteiger partial charge is 0.495 e. The molecule has 0 amide bonds. The lowest BCUT2D eigenvalue weighted by Gasteiger charge is -2.17. The van der Waals surface area contributed by atoms with Crippen molar-refractivity contribution in [3.05, 3.63) is 23.8 Å². The van der Waals surface area contributed by atoms with Gasteiger partial charge in [-0.25, -0.2) is 0 Å². The van der Waals surface area contributed by atoms with Crippen molar-refractivity contribution in [1.82, 2.24) is 0 Å². The molecule has 5 nitrogen and oxygen atoms in total. The Hall–Kier alpha value is -1.77. The molecule has 0 saturated heterocycles. The number of anilines is 1. The van der Waals surface area contributed by atoms with E-state index in [4.69, 9.17) is 14.7 Å².